The summed E-state index contributed by atoms with van der Waals surface area (Å²) in [6.07, 6.45) is 3.26. The van der Waals surface area contributed by atoms with Crippen molar-refractivity contribution in [2.24, 2.45) is 0 Å². The van der Waals surface area contributed by atoms with E-state index >= 15 is 0 Å². The monoisotopic (exact) mass is 318 g/mol. The van der Waals surface area contributed by atoms with Crippen LogP contribution < -0.4 is 0 Å². The van der Waals surface area contributed by atoms with Gasteiger partial charge in [0.1, 0.15) is 0 Å². The van der Waals surface area contributed by atoms with Gasteiger partial charge in [0.15, 0.2) is 9.84 Å². The van der Waals surface area contributed by atoms with E-state index in [2.05, 4.69) is 18.7 Å². The lowest BCUT2D eigenvalue weighted by Crippen LogP contribution is -2.42. The van der Waals surface area contributed by atoms with Gasteiger partial charge in [0, 0.05) is 25.6 Å². The van der Waals surface area contributed by atoms with Gasteiger partial charge in [-0.2, -0.15) is 0 Å². The highest BCUT2D eigenvalue weighted by molar-refractivity contribution is 7.91. The molecule has 124 valence electrons. The van der Waals surface area contributed by atoms with E-state index in [-0.39, 0.29) is 23.5 Å². The lowest BCUT2D eigenvalue weighted by molar-refractivity contribution is -0.133. The molecule has 1 amide bonds. The molecule has 0 saturated carbocycles. The molecule has 5 nitrogen and oxygen atoms in total. The van der Waals surface area contributed by atoms with Crippen molar-refractivity contribution < 1.29 is 13.2 Å². The Bertz CT molecular complexity index is 417. The maximum absolute atomic E-state index is 12.4. The largest absolute Gasteiger partial charge is 0.339 e. The number of carbonyl (C=O) groups excluding carboxylic acids is 1. The van der Waals surface area contributed by atoms with Crippen LogP contribution in [0.3, 0.4) is 0 Å². The van der Waals surface area contributed by atoms with Crippen molar-refractivity contribution in [1.29, 1.82) is 0 Å². The Hall–Kier alpha value is -0.620. The molecule has 0 aromatic rings. The summed E-state index contributed by atoms with van der Waals surface area (Å²) in [7, 11) is -2.94. The molecule has 1 saturated heterocycles. The molecule has 1 aliphatic heterocycles. The van der Waals surface area contributed by atoms with Gasteiger partial charge in [0.2, 0.25) is 5.91 Å². The molecule has 6 heteroatoms. The van der Waals surface area contributed by atoms with Gasteiger partial charge < -0.3 is 9.80 Å². The third-order valence-corrected chi connectivity index (χ3v) is 5.78. The van der Waals surface area contributed by atoms with Crippen molar-refractivity contribution in [3.8, 4) is 0 Å². The summed E-state index contributed by atoms with van der Waals surface area (Å²) in [6.45, 7) is 9.63. The molecule has 1 rings (SSSR count). The first kappa shape index (κ1) is 18.4. The molecule has 0 radical (unpaired) electrons. The Labute approximate surface area is 129 Å². The van der Waals surface area contributed by atoms with Gasteiger partial charge in [-0.25, -0.2) is 8.42 Å². The molecule has 0 aliphatic carbocycles. The van der Waals surface area contributed by atoms with Crippen LogP contribution in [0.15, 0.2) is 0 Å². The summed E-state index contributed by atoms with van der Waals surface area (Å²) in [4.78, 5) is 16.5. The predicted molar refractivity (Wildman–Crippen MR) is 86.1 cm³/mol. The van der Waals surface area contributed by atoms with Gasteiger partial charge >= 0.3 is 0 Å². The van der Waals surface area contributed by atoms with Crippen molar-refractivity contribution in [2.45, 2.75) is 52.5 Å². The van der Waals surface area contributed by atoms with Crippen molar-refractivity contribution in [3.63, 3.8) is 0 Å². The van der Waals surface area contributed by atoms with Gasteiger partial charge in [-0.05, 0) is 39.3 Å². The average Bonchev–Trinajstić information content (AvgIpc) is 2.77. The molecule has 1 heterocycles. The second-order valence-electron chi connectivity index (χ2n) is 5.83. The van der Waals surface area contributed by atoms with E-state index in [1.165, 1.54) is 0 Å². The summed E-state index contributed by atoms with van der Waals surface area (Å²) < 4.78 is 23.1. The fraction of sp³-hybridized carbons (Fsp3) is 0.933. The summed E-state index contributed by atoms with van der Waals surface area (Å²) in [6, 6.07) is -0.113. The van der Waals surface area contributed by atoms with E-state index in [4.69, 9.17) is 0 Å². The van der Waals surface area contributed by atoms with E-state index in [0.717, 1.165) is 32.5 Å². The summed E-state index contributed by atoms with van der Waals surface area (Å²) in [5, 5.41) is 0. The van der Waals surface area contributed by atoms with Crippen LogP contribution in [0.25, 0.3) is 0 Å². The van der Waals surface area contributed by atoms with Crippen LogP contribution in [0.1, 0.15) is 46.5 Å². The molecule has 1 unspecified atom stereocenters. The number of rotatable bonds is 9. The van der Waals surface area contributed by atoms with Crippen LogP contribution in [-0.4, -0.2) is 67.9 Å². The highest BCUT2D eigenvalue weighted by Crippen LogP contribution is 2.18. The SMILES string of the molecule is CCCN(CCC)CCC(=O)N(CC)C1CCS(=O)(=O)C1. The predicted octanol–water partition coefficient (Wildman–Crippen LogP) is 1.53. The van der Waals surface area contributed by atoms with Crippen LogP contribution >= 0.6 is 0 Å². The van der Waals surface area contributed by atoms with Crippen LogP contribution in [0.2, 0.25) is 0 Å². The molecule has 0 N–H and O–H groups in total. The normalized spacial score (nSPS) is 20.9. The van der Waals surface area contributed by atoms with Crippen molar-refractivity contribution >= 4 is 15.7 Å². The van der Waals surface area contributed by atoms with Crippen LogP contribution in [0.4, 0.5) is 0 Å². The smallest absolute Gasteiger partial charge is 0.224 e. The van der Waals surface area contributed by atoms with E-state index in [0.29, 0.717) is 19.4 Å². The number of carbonyl (C=O) groups is 1. The first-order chi connectivity index (χ1) is 9.93. The Morgan fingerprint density at radius 1 is 1.10 bits per heavy atom. The number of amides is 1. The van der Waals surface area contributed by atoms with Crippen LogP contribution in [0.5, 0.6) is 0 Å². The Kier molecular flexibility index (Phi) is 7.66. The molecule has 1 aliphatic rings. The number of hydrogen-bond acceptors (Lipinski definition) is 4. The van der Waals surface area contributed by atoms with Crippen LogP contribution in [-0.2, 0) is 14.6 Å². The Morgan fingerprint density at radius 2 is 1.71 bits per heavy atom. The van der Waals surface area contributed by atoms with Crippen molar-refractivity contribution in [1.82, 2.24) is 9.80 Å². The molecule has 0 aromatic carbocycles. The molecule has 0 spiro atoms. The fourth-order valence-electron chi connectivity index (χ4n) is 3.02. The maximum atomic E-state index is 12.4. The average molecular weight is 318 g/mol. The first-order valence-electron chi connectivity index (χ1n) is 8.15. The van der Waals surface area contributed by atoms with Crippen molar-refractivity contribution in [3.05, 3.63) is 0 Å². The summed E-state index contributed by atoms with van der Waals surface area (Å²) >= 11 is 0. The number of nitrogens with zero attached hydrogens (tertiary/aromatic N) is 2. The standard InChI is InChI=1S/C15H30N2O3S/c1-4-9-16(10-5-2)11-7-15(18)17(6-3)14-8-12-21(19,20)13-14/h14H,4-13H2,1-3H3. The first-order valence-corrected chi connectivity index (χ1v) is 9.97. The zero-order chi connectivity index (χ0) is 15.9. The quantitative estimate of drug-likeness (QED) is 0.647. The zero-order valence-corrected chi connectivity index (χ0v) is 14.5. The molecular formula is C15H30N2O3S. The van der Waals surface area contributed by atoms with E-state index in [9.17, 15) is 13.2 Å². The van der Waals surface area contributed by atoms with Gasteiger partial charge in [-0.15, -0.1) is 0 Å². The van der Waals surface area contributed by atoms with E-state index < -0.39 is 9.84 Å². The second-order valence-corrected chi connectivity index (χ2v) is 8.06. The highest BCUT2D eigenvalue weighted by atomic mass is 32.2. The molecular weight excluding hydrogens is 288 g/mol. The van der Waals surface area contributed by atoms with Crippen molar-refractivity contribution in [2.75, 3.05) is 37.7 Å². The minimum Gasteiger partial charge on any atom is -0.339 e. The van der Waals surface area contributed by atoms with Gasteiger partial charge in [-0.3, -0.25) is 4.79 Å². The van der Waals surface area contributed by atoms with Crippen LogP contribution in [0, 0.1) is 0 Å². The topological polar surface area (TPSA) is 57.7 Å². The Balaban J connectivity index is 2.51. The molecule has 0 bridgehead atoms. The third-order valence-electron chi connectivity index (χ3n) is 4.03. The minimum absolute atomic E-state index is 0.0943. The minimum atomic E-state index is -2.94. The summed E-state index contributed by atoms with van der Waals surface area (Å²) in [5.74, 6) is 0.455. The maximum Gasteiger partial charge on any atom is 0.224 e. The molecule has 1 atom stereocenters. The molecule has 0 aromatic heterocycles. The second kappa shape index (κ2) is 8.73. The number of hydrogen-bond donors (Lipinski definition) is 0. The van der Waals surface area contributed by atoms with Gasteiger partial charge in [0.05, 0.1) is 11.5 Å². The van der Waals surface area contributed by atoms with Gasteiger partial charge in [0.25, 0.3) is 0 Å². The Morgan fingerprint density at radius 3 is 2.14 bits per heavy atom. The van der Waals surface area contributed by atoms with E-state index in [1.54, 1.807) is 4.90 Å². The molecule has 21 heavy (non-hydrogen) atoms. The highest BCUT2D eigenvalue weighted by Gasteiger charge is 2.33. The fourth-order valence-corrected chi connectivity index (χ4v) is 4.76. The third kappa shape index (κ3) is 5.94. The summed E-state index contributed by atoms with van der Waals surface area (Å²) in [5.41, 5.74) is 0. The lowest BCUT2D eigenvalue weighted by Gasteiger charge is -2.28. The zero-order valence-electron chi connectivity index (χ0n) is 13.7. The molecule has 1 fully saturated rings. The number of sulfone groups is 1. The lowest BCUT2D eigenvalue weighted by atomic mass is 10.2. The van der Waals surface area contributed by atoms with E-state index in [1.807, 2.05) is 6.92 Å². The van der Waals surface area contributed by atoms with Gasteiger partial charge in [-0.1, -0.05) is 13.8 Å².